The number of ketones is 1. The monoisotopic (exact) mass is 464 g/mol. The summed E-state index contributed by atoms with van der Waals surface area (Å²) in [5.74, 6) is -0.690. The lowest BCUT2D eigenvalue weighted by atomic mass is 9.95. The molecule has 7 heteroatoms. The molecule has 34 heavy (non-hydrogen) atoms. The van der Waals surface area contributed by atoms with Crippen molar-refractivity contribution in [3.05, 3.63) is 70.8 Å². The Kier molecular flexibility index (Phi) is 7.34. The number of hydrogen-bond donors (Lipinski definition) is 1. The van der Waals surface area contributed by atoms with E-state index in [-0.39, 0.29) is 17.4 Å². The van der Waals surface area contributed by atoms with Gasteiger partial charge >= 0.3 is 0 Å². The molecule has 2 aliphatic heterocycles. The third kappa shape index (κ3) is 5.16. The number of carbonyl (C=O) groups is 2. The first-order valence-corrected chi connectivity index (χ1v) is 11.8. The third-order valence-electron chi connectivity index (χ3n) is 6.19. The number of ether oxygens (including phenoxy) is 2. The molecule has 0 bridgehead atoms. The van der Waals surface area contributed by atoms with Crippen molar-refractivity contribution in [1.29, 1.82) is 0 Å². The van der Waals surface area contributed by atoms with Gasteiger partial charge in [0.1, 0.15) is 11.5 Å². The second-order valence-electron chi connectivity index (χ2n) is 9.05. The first kappa shape index (κ1) is 24.0. The normalized spacial score (nSPS) is 20.8. The summed E-state index contributed by atoms with van der Waals surface area (Å²) in [7, 11) is 0. The fourth-order valence-corrected chi connectivity index (χ4v) is 4.40. The Labute approximate surface area is 200 Å². The van der Waals surface area contributed by atoms with Crippen LogP contribution in [0.4, 0.5) is 0 Å². The zero-order chi connectivity index (χ0) is 24.2. The van der Waals surface area contributed by atoms with Crippen LogP contribution in [0.25, 0.3) is 5.76 Å². The maximum absolute atomic E-state index is 13.2. The van der Waals surface area contributed by atoms with E-state index in [2.05, 4.69) is 4.90 Å². The maximum Gasteiger partial charge on any atom is 0.295 e. The molecule has 0 spiro atoms. The fourth-order valence-electron chi connectivity index (χ4n) is 4.40. The first-order chi connectivity index (χ1) is 16.3. The van der Waals surface area contributed by atoms with Crippen LogP contribution in [-0.4, -0.2) is 72.1 Å². The van der Waals surface area contributed by atoms with Gasteiger partial charge in [0, 0.05) is 31.7 Å². The predicted octanol–water partition coefficient (Wildman–Crippen LogP) is 3.54. The topological polar surface area (TPSA) is 79.3 Å². The zero-order valence-corrected chi connectivity index (χ0v) is 20.0. The van der Waals surface area contributed by atoms with Crippen LogP contribution in [-0.2, 0) is 14.3 Å². The van der Waals surface area contributed by atoms with Gasteiger partial charge in [0.15, 0.2) is 0 Å². The van der Waals surface area contributed by atoms with Gasteiger partial charge in [0.2, 0.25) is 0 Å². The molecule has 1 atom stereocenters. The second-order valence-corrected chi connectivity index (χ2v) is 9.05. The van der Waals surface area contributed by atoms with Crippen LogP contribution in [0, 0.1) is 6.92 Å². The largest absolute Gasteiger partial charge is 0.507 e. The van der Waals surface area contributed by atoms with E-state index in [0.29, 0.717) is 37.6 Å². The molecule has 1 unspecified atom stereocenters. The summed E-state index contributed by atoms with van der Waals surface area (Å²) in [6.07, 6.45) is 0.0338. The van der Waals surface area contributed by atoms with E-state index < -0.39 is 17.7 Å². The van der Waals surface area contributed by atoms with Crippen LogP contribution in [0.5, 0.6) is 5.75 Å². The highest BCUT2D eigenvalue weighted by Crippen LogP contribution is 2.39. The van der Waals surface area contributed by atoms with E-state index in [1.165, 1.54) is 0 Å². The van der Waals surface area contributed by atoms with Gasteiger partial charge in [-0.1, -0.05) is 42.0 Å². The Bertz CT molecular complexity index is 1050. The molecule has 2 aromatic carbocycles. The number of nitrogens with zero attached hydrogens (tertiary/aromatic N) is 2. The number of rotatable bonds is 7. The Morgan fingerprint density at radius 3 is 2.29 bits per heavy atom. The van der Waals surface area contributed by atoms with Gasteiger partial charge in [-0.15, -0.1) is 0 Å². The Hall–Kier alpha value is -3.16. The summed E-state index contributed by atoms with van der Waals surface area (Å²) in [5, 5.41) is 11.2. The summed E-state index contributed by atoms with van der Waals surface area (Å²) in [4.78, 5) is 30.1. The van der Waals surface area contributed by atoms with Gasteiger partial charge < -0.3 is 19.5 Å². The average molecular weight is 465 g/mol. The number of aliphatic hydroxyl groups is 1. The predicted molar refractivity (Wildman–Crippen MR) is 130 cm³/mol. The van der Waals surface area contributed by atoms with Crippen molar-refractivity contribution >= 4 is 17.4 Å². The number of hydrogen-bond acceptors (Lipinski definition) is 6. The molecule has 7 nitrogen and oxygen atoms in total. The molecule has 1 N–H and O–H groups in total. The van der Waals surface area contributed by atoms with Crippen LogP contribution in [0.3, 0.4) is 0 Å². The maximum atomic E-state index is 13.2. The molecule has 0 saturated carbocycles. The molecular weight excluding hydrogens is 432 g/mol. The van der Waals surface area contributed by atoms with E-state index in [1.54, 1.807) is 17.0 Å². The lowest BCUT2D eigenvalue weighted by Crippen LogP contribution is -2.42. The van der Waals surface area contributed by atoms with Crippen molar-refractivity contribution in [3.63, 3.8) is 0 Å². The number of morpholine rings is 1. The highest BCUT2D eigenvalue weighted by molar-refractivity contribution is 6.46. The number of Topliss-reactive ketones (excluding diaryl/α,β-unsaturated/α-hetero) is 1. The van der Waals surface area contributed by atoms with Gasteiger partial charge in [-0.25, -0.2) is 0 Å². The van der Waals surface area contributed by atoms with Crippen LogP contribution in [0.15, 0.2) is 54.1 Å². The Morgan fingerprint density at radius 1 is 1.03 bits per heavy atom. The van der Waals surface area contributed by atoms with Crippen LogP contribution in [0.1, 0.15) is 36.6 Å². The van der Waals surface area contributed by atoms with Crippen LogP contribution >= 0.6 is 0 Å². The summed E-state index contributed by atoms with van der Waals surface area (Å²) in [6.45, 7) is 9.77. The molecule has 4 rings (SSSR count). The standard InChI is InChI=1S/C27H32N2O5/c1-18(2)34-22-10-8-20(9-11-22)24-23(25(30)21-6-4-19(3)5-7-21)26(31)27(32)29(24)13-12-28-14-16-33-17-15-28/h4-11,18,24,30H,12-17H2,1-3H3/b25-23+. The van der Waals surface area contributed by atoms with E-state index in [4.69, 9.17) is 9.47 Å². The van der Waals surface area contributed by atoms with E-state index in [9.17, 15) is 14.7 Å². The summed E-state index contributed by atoms with van der Waals surface area (Å²) >= 11 is 0. The minimum atomic E-state index is -0.671. The second kappa shape index (κ2) is 10.4. The summed E-state index contributed by atoms with van der Waals surface area (Å²) in [6, 6.07) is 14.0. The Balaban J connectivity index is 1.71. The number of amides is 1. The third-order valence-corrected chi connectivity index (χ3v) is 6.19. The van der Waals surface area contributed by atoms with Gasteiger partial charge in [-0.3, -0.25) is 14.5 Å². The highest BCUT2D eigenvalue weighted by Gasteiger charge is 2.46. The van der Waals surface area contributed by atoms with Gasteiger partial charge in [0.25, 0.3) is 11.7 Å². The van der Waals surface area contributed by atoms with Crippen molar-refractivity contribution in [2.24, 2.45) is 0 Å². The molecule has 2 aliphatic rings. The van der Waals surface area contributed by atoms with Crippen molar-refractivity contribution in [2.45, 2.75) is 32.9 Å². The molecule has 2 fully saturated rings. The molecule has 2 aromatic rings. The highest BCUT2D eigenvalue weighted by atomic mass is 16.5. The lowest BCUT2D eigenvalue weighted by Gasteiger charge is -2.31. The molecule has 1 amide bonds. The van der Waals surface area contributed by atoms with Crippen molar-refractivity contribution < 1.29 is 24.2 Å². The van der Waals surface area contributed by atoms with Gasteiger partial charge in [-0.2, -0.15) is 0 Å². The molecule has 0 aliphatic carbocycles. The van der Waals surface area contributed by atoms with Crippen LogP contribution in [0.2, 0.25) is 0 Å². The molecule has 2 heterocycles. The zero-order valence-electron chi connectivity index (χ0n) is 20.0. The Morgan fingerprint density at radius 2 is 1.68 bits per heavy atom. The lowest BCUT2D eigenvalue weighted by molar-refractivity contribution is -0.140. The number of carbonyl (C=O) groups excluding carboxylic acids is 2. The smallest absolute Gasteiger partial charge is 0.295 e. The molecule has 2 saturated heterocycles. The van der Waals surface area contributed by atoms with E-state index >= 15 is 0 Å². The van der Waals surface area contributed by atoms with E-state index in [0.717, 1.165) is 24.2 Å². The van der Waals surface area contributed by atoms with Gasteiger partial charge in [-0.05, 0) is 38.5 Å². The van der Waals surface area contributed by atoms with E-state index in [1.807, 2.05) is 57.2 Å². The van der Waals surface area contributed by atoms with Crippen LogP contribution < -0.4 is 4.74 Å². The van der Waals surface area contributed by atoms with Crippen molar-refractivity contribution in [1.82, 2.24) is 9.80 Å². The van der Waals surface area contributed by atoms with Crippen molar-refractivity contribution in [2.75, 3.05) is 39.4 Å². The number of aryl methyl sites for hydroxylation is 1. The van der Waals surface area contributed by atoms with Crippen molar-refractivity contribution in [3.8, 4) is 5.75 Å². The minimum Gasteiger partial charge on any atom is -0.507 e. The molecule has 0 aromatic heterocycles. The number of likely N-dealkylation sites (tertiary alicyclic amines) is 1. The fraction of sp³-hybridized carbons (Fsp3) is 0.407. The van der Waals surface area contributed by atoms with Gasteiger partial charge in [0.05, 0.1) is 30.9 Å². The minimum absolute atomic E-state index is 0.0338. The summed E-state index contributed by atoms with van der Waals surface area (Å²) < 4.78 is 11.2. The first-order valence-electron chi connectivity index (χ1n) is 11.8. The summed E-state index contributed by atoms with van der Waals surface area (Å²) in [5.41, 5.74) is 2.43. The molecular formula is C27H32N2O5. The molecule has 0 radical (unpaired) electrons. The number of benzene rings is 2. The number of aliphatic hydroxyl groups excluding tert-OH is 1. The SMILES string of the molecule is Cc1ccc(/C(O)=C2\C(=O)C(=O)N(CCN3CCOCC3)C2c2ccc(OC(C)C)cc2)cc1. The quantitative estimate of drug-likeness (QED) is 0.384. The molecule has 180 valence electrons. The average Bonchev–Trinajstić information content (AvgIpc) is 3.08.